The van der Waals surface area contributed by atoms with Gasteiger partial charge in [0.15, 0.2) is 0 Å². The molecule has 118 valence electrons. The van der Waals surface area contributed by atoms with Crippen molar-refractivity contribution in [1.82, 2.24) is 0 Å². The van der Waals surface area contributed by atoms with Crippen LogP contribution in [0.3, 0.4) is 0 Å². The summed E-state index contributed by atoms with van der Waals surface area (Å²) in [6.07, 6.45) is 0.297. The van der Waals surface area contributed by atoms with Crippen molar-refractivity contribution in [3.8, 4) is 0 Å². The smallest absolute Gasteiger partial charge is 0.304 e. The first-order valence-corrected chi connectivity index (χ1v) is 7.75. The average Bonchev–Trinajstić information content (AvgIpc) is 2.79. The van der Waals surface area contributed by atoms with E-state index in [1.54, 1.807) is 4.90 Å². The summed E-state index contributed by atoms with van der Waals surface area (Å²) in [5, 5.41) is 9.32. The lowest BCUT2D eigenvalue weighted by atomic mass is 9.76. The van der Waals surface area contributed by atoms with Crippen LogP contribution in [0.15, 0.2) is 54.6 Å². The number of nitrogens with zero attached hydrogens (tertiary/aromatic N) is 1. The van der Waals surface area contributed by atoms with Crippen LogP contribution in [0, 0.1) is 0 Å². The highest BCUT2D eigenvalue weighted by molar-refractivity contribution is 6.09. The molecule has 1 N–H and O–H groups in total. The Kier molecular flexibility index (Phi) is 3.90. The van der Waals surface area contributed by atoms with Gasteiger partial charge in [-0.1, -0.05) is 55.5 Å². The van der Waals surface area contributed by atoms with E-state index >= 15 is 0 Å². The van der Waals surface area contributed by atoms with E-state index in [2.05, 4.69) is 0 Å². The van der Waals surface area contributed by atoms with Gasteiger partial charge in [0.2, 0.25) is 5.91 Å². The first-order chi connectivity index (χ1) is 11.1. The van der Waals surface area contributed by atoms with Crippen LogP contribution in [0.25, 0.3) is 0 Å². The Labute approximate surface area is 135 Å². The lowest BCUT2D eigenvalue weighted by Crippen LogP contribution is -2.41. The van der Waals surface area contributed by atoms with Gasteiger partial charge in [-0.05, 0) is 23.6 Å². The quantitative estimate of drug-likeness (QED) is 0.921. The van der Waals surface area contributed by atoms with Gasteiger partial charge in [0.05, 0.1) is 18.4 Å². The number of fused-ring (bicyclic) bond motifs is 1. The Morgan fingerprint density at radius 1 is 1.09 bits per heavy atom. The largest absolute Gasteiger partial charge is 0.481 e. The van der Waals surface area contributed by atoms with Crippen LogP contribution in [-0.4, -0.2) is 17.0 Å². The Balaban J connectivity index is 2.06. The molecule has 0 fully saturated rings. The highest BCUT2D eigenvalue weighted by Crippen LogP contribution is 2.46. The molecule has 2 aromatic carbocycles. The molecule has 0 unspecified atom stereocenters. The summed E-state index contributed by atoms with van der Waals surface area (Å²) < 4.78 is 0. The molecule has 0 saturated heterocycles. The highest BCUT2D eigenvalue weighted by atomic mass is 16.4. The molecule has 1 heterocycles. The van der Waals surface area contributed by atoms with Crippen molar-refractivity contribution in [3.05, 3.63) is 65.7 Å². The van der Waals surface area contributed by atoms with Gasteiger partial charge in [-0.25, -0.2) is 0 Å². The predicted molar refractivity (Wildman–Crippen MR) is 88.3 cm³/mol. The van der Waals surface area contributed by atoms with Crippen molar-refractivity contribution in [1.29, 1.82) is 0 Å². The van der Waals surface area contributed by atoms with E-state index in [-0.39, 0.29) is 12.3 Å². The van der Waals surface area contributed by atoms with Crippen LogP contribution < -0.4 is 4.90 Å². The van der Waals surface area contributed by atoms with Gasteiger partial charge in [0, 0.05) is 5.69 Å². The first-order valence-electron chi connectivity index (χ1n) is 7.75. The van der Waals surface area contributed by atoms with Gasteiger partial charge in [-0.3, -0.25) is 9.59 Å². The summed E-state index contributed by atoms with van der Waals surface area (Å²) >= 11 is 0. The van der Waals surface area contributed by atoms with Crippen LogP contribution in [-0.2, 0) is 21.5 Å². The van der Waals surface area contributed by atoms with Crippen molar-refractivity contribution < 1.29 is 14.7 Å². The number of hydrogen-bond acceptors (Lipinski definition) is 2. The van der Waals surface area contributed by atoms with Gasteiger partial charge in [0.25, 0.3) is 0 Å². The van der Waals surface area contributed by atoms with E-state index in [0.717, 1.165) is 16.8 Å². The number of anilines is 1. The van der Waals surface area contributed by atoms with E-state index in [9.17, 15) is 14.7 Å². The fourth-order valence-corrected chi connectivity index (χ4v) is 3.42. The lowest BCUT2D eigenvalue weighted by molar-refractivity contribution is -0.141. The molecule has 0 radical (unpaired) electrons. The Bertz CT molecular complexity index is 741. The Morgan fingerprint density at radius 2 is 1.74 bits per heavy atom. The third-order valence-corrected chi connectivity index (χ3v) is 4.61. The molecule has 23 heavy (non-hydrogen) atoms. The number of carbonyl (C=O) groups excluding carboxylic acids is 1. The van der Waals surface area contributed by atoms with Crippen LogP contribution in [0.2, 0.25) is 0 Å². The van der Waals surface area contributed by atoms with Crippen molar-refractivity contribution in [2.45, 2.75) is 31.7 Å². The van der Waals surface area contributed by atoms with Crippen molar-refractivity contribution >= 4 is 17.6 Å². The van der Waals surface area contributed by atoms with E-state index in [1.807, 2.05) is 61.5 Å². The van der Waals surface area contributed by atoms with Crippen molar-refractivity contribution in [3.63, 3.8) is 0 Å². The van der Waals surface area contributed by atoms with E-state index in [4.69, 9.17) is 0 Å². The number of para-hydroxylation sites is 1. The summed E-state index contributed by atoms with van der Waals surface area (Å²) in [5.74, 6) is -1.07. The number of amides is 1. The molecule has 0 saturated carbocycles. The fourth-order valence-electron chi connectivity index (χ4n) is 3.42. The summed E-state index contributed by atoms with van der Waals surface area (Å²) in [6, 6.07) is 17.3. The van der Waals surface area contributed by atoms with Crippen molar-refractivity contribution in [2.24, 2.45) is 0 Å². The second-order valence-corrected chi connectivity index (χ2v) is 5.90. The molecule has 2 aromatic rings. The van der Waals surface area contributed by atoms with E-state index in [1.165, 1.54) is 0 Å². The zero-order chi connectivity index (χ0) is 16.4. The standard InChI is InChI=1S/C19H19NO3/c1-2-19(12-17(21)22)15-10-6-7-11-16(15)20(18(19)23)13-14-8-4-3-5-9-14/h3-11H,2,12-13H2,1H3,(H,21,22)/t19-/m1/s1. The Morgan fingerprint density at radius 3 is 2.39 bits per heavy atom. The number of carboxylic acids is 1. The molecule has 1 aliphatic rings. The van der Waals surface area contributed by atoms with Gasteiger partial charge >= 0.3 is 5.97 Å². The number of carbonyl (C=O) groups is 2. The highest BCUT2D eigenvalue weighted by Gasteiger charge is 2.50. The van der Waals surface area contributed by atoms with Crippen molar-refractivity contribution in [2.75, 3.05) is 4.90 Å². The molecule has 4 nitrogen and oxygen atoms in total. The number of carboxylic acid groups (broad SMARTS) is 1. The molecule has 1 aliphatic heterocycles. The molecule has 3 rings (SSSR count). The third-order valence-electron chi connectivity index (χ3n) is 4.61. The van der Waals surface area contributed by atoms with Crippen LogP contribution >= 0.6 is 0 Å². The minimum Gasteiger partial charge on any atom is -0.481 e. The monoisotopic (exact) mass is 309 g/mol. The maximum absolute atomic E-state index is 13.1. The molecule has 0 aromatic heterocycles. The third kappa shape index (κ3) is 2.50. The topological polar surface area (TPSA) is 57.6 Å². The molecular formula is C19H19NO3. The average molecular weight is 309 g/mol. The SMILES string of the molecule is CC[C@]1(CC(=O)O)C(=O)N(Cc2ccccc2)c2ccccc21. The number of aliphatic carboxylic acids is 1. The van der Waals surface area contributed by atoms with E-state index < -0.39 is 11.4 Å². The second kappa shape index (κ2) is 5.88. The Hall–Kier alpha value is -2.62. The van der Waals surface area contributed by atoms with E-state index in [0.29, 0.717) is 13.0 Å². The first kappa shape index (κ1) is 15.3. The maximum Gasteiger partial charge on any atom is 0.304 e. The fraction of sp³-hybridized carbons (Fsp3) is 0.263. The minimum atomic E-state index is -0.961. The zero-order valence-corrected chi connectivity index (χ0v) is 13.0. The summed E-state index contributed by atoms with van der Waals surface area (Å²) in [4.78, 5) is 26.2. The minimum absolute atomic E-state index is 0.118. The molecule has 0 spiro atoms. The zero-order valence-electron chi connectivity index (χ0n) is 13.0. The summed E-state index contributed by atoms with van der Waals surface area (Å²) in [7, 11) is 0. The second-order valence-electron chi connectivity index (χ2n) is 5.90. The number of rotatable bonds is 5. The molecule has 1 amide bonds. The predicted octanol–water partition coefficient (Wildman–Crippen LogP) is 3.36. The molecule has 1 atom stereocenters. The summed E-state index contributed by atoms with van der Waals surface area (Å²) in [6.45, 7) is 2.34. The normalized spacial score (nSPS) is 19.7. The van der Waals surface area contributed by atoms with Crippen LogP contribution in [0.5, 0.6) is 0 Å². The summed E-state index contributed by atoms with van der Waals surface area (Å²) in [5.41, 5.74) is 1.71. The lowest BCUT2D eigenvalue weighted by Gasteiger charge is -2.26. The van der Waals surface area contributed by atoms with Gasteiger partial charge in [-0.15, -0.1) is 0 Å². The molecular weight excluding hydrogens is 290 g/mol. The van der Waals surface area contributed by atoms with Crippen LogP contribution in [0.1, 0.15) is 30.9 Å². The maximum atomic E-state index is 13.1. The molecule has 0 bridgehead atoms. The van der Waals surface area contributed by atoms with Gasteiger partial charge in [-0.2, -0.15) is 0 Å². The molecule has 0 aliphatic carbocycles. The van der Waals surface area contributed by atoms with Gasteiger partial charge in [0.1, 0.15) is 0 Å². The number of hydrogen-bond donors (Lipinski definition) is 1. The van der Waals surface area contributed by atoms with Gasteiger partial charge < -0.3 is 10.0 Å². The molecule has 4 heteroatoms. The van der Waals surface area contributed by atoms with Crippen LogP contribution in [0.4, 0.5) is 5.69 Å². The number of benzene rings is 2.